The topological polar surface area (TPSA) is 30.7 Å². The van der Waals surface area contributed by atoms with Gasteiger partial charge in [0, 0.05) is 17.1 Å². The maximum absolute atomic E-state index is 6.24. The van der Waals surface area contributed by atoms with Gasteiger partial charge in [0.15, 0.2) is 0 Å². The second-order valence-corrected chi connectivity index (χ2v) is 4.82. The molecule has 0 fully saturated rings. The first-order chi connectivity index (χ1) is 7.77. The van der Waals surface area contributed by atoms with Crippen molar-refractivity contribution in [2.75, 3.05) is 0 Å². The highest BCUT2D eigenvalue weighted by molar-refractivity contribution is 7.12. The molecule has 0 aliphatic carbocycles. The van der Waals surface area contributed by atoms with E-state index < -0.39 is 0 Å². The fraction of sp³-hybridized carbons (Fsp3) is 0.400. The summed E-state index contributed by atoms with van der Waals surface area (Å²) >= 11 is 13.6. The summed E-state index contributed by atoms with van der Waals surface area (Å²) < 4.78 is 1.66. The van der Waals surface area contributed by atoms with Crippen LogP contribution < -0.4 is 0 Å². The van der Waals surface area contributed by atoms with Gasteiger partial charge in [0.05, 0.1) is 11.6 Å². The highest BCUT2D eigenvalue weighted by atomic mass is 35.5. The lowest BCUT2D eigenvalue weighted by Crippen LogP contribution is -1.96. The quantitative estimate of drug-likeness (QED) is 0.798. The van der Waals surface area contributed by atoms with E-state index in [2.05, 4.69) is 17.0 Å². The van der Waals surface area contributed by atoms with E-state index in [1.54, 1.807) is 10.9 Å². The molecule has 0 saturated carbocycles. The first kappa shape index (κ1) is 11.9. The van der Waals surface area contributed by atoms with Crippen LogP contribution in [0.25, 0.3) is 5.13 Å². The molecule has 0 unspecified atom stereocenters. The van der Waals surface area contributed by atoms with Crippen LogP contribution in [0.15, 0.2) is 11.6 Å². The third-order valence-corrected chi connectivity index (χ3v) is 3.63. The van der Waals surface area contributed by atoms with Gasteiger partial charge in [0.25, 0.3) is 0 Å². The molecule has 6 heteroatoms. The third-order valence-electron chi connectivity index (χ3n) is 2.22. The van der Waals surface area contributed by atoms with Crippen molar-refractivity contribution in [1.82, 2.24) is 14.8 Å². The minimum Gasteiger partial charge on any atom is -0.227 e. The van der Waals surface area contributed by atoms with Gasteiger partial charge in [-0.2, -0.15) is 9.78 Å². The van der Waals surface area contributed by atoms with Crippen molar-refractivity contribution in [3.63, 3.8) is 0 Å². The van der Waals surface area contributed by atoms with Gasteiger partial charge in [-0.1, -0.05) is 24.9 Å². The van der Waals surface area contributed by atoms with Gasteiger partial charge in [-0.3, -0.25) is 0 Å². The molecule has 0 radical (unpaired) electrons. The van der Waals surface area contributed by atoms with Gasteiger partial charge < -0.3 is 0 Å². The van der Waals surface area contributed by atoms with Crippen molar-refractivity contribution >= 4 is 34.5 Å². The van der Waals surface area contributed by atoms with Gasteiger partial charge in [0.2, 0.25) is 5.13 Å². The molecule has 2 heterocycles. The molecule has 2 aromatic heterocycles. The molecule has 0 bridgehead atoms. The molecule has 3 nitrogen and oxygen atoms in total. The van der Waals surface area contributed by atoms with Crippen LogP contribution in [-0.4, -0.2) is 14.8 Å². The Kier molecular flexibility index (Phi) is 3.84. The van der Waals surface area contributed by atoms with E-state index in [0.29, 0.717) is 11.0 Å². The molecule has 0 amide bonds. The van der Waals surface area contributed by atoms with E-state index in [1.165, 1.54) is 11.3 Å². The number of alkyl halides is 1. The smallest absolute Gasteiger partial charge is 0.211 e. The van der Waals surface area contributed by atoms with E-state index in [1.807, 2.05) is 5.38 Å². The van der Waals surface area contributed by atoms with Crippen LogP contribution in [0.1, 0.15) is 24.6 Å². The summed E-state index contributed by atoms with van der Waals surface area (Å²) in [5.74, 6) is 0.388. The molecular weight excluding hydrogens is 265 g/mol. The highest BCUT2D eigenvalue weighted by Gasteiger charge is 2.16. The lowest BCUT2D eigenvalue weighted by Gasteiger charge is -1.96. The second-order valence-electron chi connectivity index (χ2n) is 3.33. The Bertz CT molecular complexity index is 465. The van der Waals surface area contributed by atoms with Crippen molar-refractivity contribution < 1.29 is 0 Å². The van der Waals surface area contributed by atoms with Crippen molar-refractivity contribution in [3.05, 3.63) is 28.0 Å². The molecule has 16 heavy (non-hydrogen) atoms. The molecule has 86 valence electrons. The number of rotatable bonds is 4. The summed E-state index contributed by atoms with van der Waals surface area (Å²) in [5, 5.41) is 7.71. The third kappa shape index (κ3) is 2.10. The zero-order valence-corrected chi connectivity index (χ0v) is 11.1. The van der Waals surface area contributed by atoms with Crippen LogP contribution >= 0.6 is 34.5 Å². The molecule has 0 aliphatic rings. The highest BCUT2D eigenvalue weighted by Crippen LogP contribution is 2.26. The SMILES string of the molecule is CCCc1nn(-c2nccs2)c(Cl)c1CCl. The van der Waals surface area contributed by atoms with Crippen LogP contribution in [0.5, 0.6) is 0 Å². The number of nitrogens with zero attached hydrogens (tertiary/aromatic N) is 3. The maximum Gasteiger partial charge on any atom is 0.211 e. The lowest BCUT2D eigenvalue weighted by molar-refractivity contribution is 0.801. The van der Waals surface area contributed by atoms with Crippen LogP contribution in [0.3, 0.4) is 0 Å². The van der Waals surface area contributed by atoms with Crippen LogP contribution in [0.2, 0.25) is 5.15 Å². The van der Waals surface area contributed by atoms with E-state index in [9.17, 15) is 0 Å². The summed E-state index contributed by atoms with van der Waals surface area (Å²) in [6, 6.07) is 0. The van der Waals surface area contributed by atoms with Crippen molar-refractivity contribution in [2.24, 2.45) is 0 Å². The van der Waals surface area contributed by atoms with Gasteiger partial charge in [0.1, 0.15) is 5.15 Å². The average Bonchev–Trinajstić information content (AvgIpc) is 2.87. The van der Waals surface area contributed by atoms with E-state index in [-0.39, 0.29) is 0 Å². The number of hydrogen-bond acceptors (Lipinski definition) is 3. The number of hydrogen-bond donors (Lipinski definition) is 0. The summed E-state index contributed by atoms with van der Waals surface area (Å²) in [5.41, 5.74) is 1.89. The van der Waals surface area contributed by atoms with E-state index in [4.69, 9.17) is 23.2 Å². The Morgan fingerprint density at radius 3 is 2.88 bits per heavy atom. The van der Waals surface area contributed by atoms with Crippen molar-refractivity contribution in [2.45, 2.75) is 25.6 Å². The van der Waals surface area contributed by atoms with E-state index in [0.717, 1.165) is 29.2 Å². The Morgan fingerprint density at radius 1 is 1.50 bits per heavy atom. The fourth-order valence-electron chi connectivity index (χ4n) is 1.49. The van der Waals surface area contributed by atoms with Crippen molar-refractivity contribution in [1.29, 1.82) is 0 Å². The predicted molar refractivity (Wildman–Crippen MR) is 67.8 cm³/mol. The molecule has 0 saturated heterocycles. The molecule has 0 atom stereocenters. The standard InChI is InChI=1S/C10H11Cl2N3S/c1-2-3-8-7(6-11)9(12)15(14-8)10-13-4-5-16-10/h4-5H,2-3,6H2,1H3. The average molecular weight is 276 g/mol. The molecule has 2 aromatic rings. The first-order valence-electron chi connectivity index (χ1n) is 5.00. The normalized spacial score (nSPS) is 10.9. The Hall–Kier alpha value is -0.580. The number of halogens is 2. The van der Waals surface area contributed by atoms with Gasteiger partial charge in [-0.05, 0) is 6.42 Å². The van der Waals surface area contributed by atoms with Gasteiger partial charge >= 0.3 is 0 Å². The maximum atomic E-state index is 6.24. The fourth-order valence-corrected chi connectivity index (χ4v) is 2.78. The van der Waals surface area contributed by atoms with E-state index >= 15 is 0 Å². The Morgan fingerprint density at radius 2 is 2.31 bits per heavy atom. The first-order valence-corrected chi connectivity index (χ1v) is 6.79. The Balaban J connectivity index is 2.47. The zero-order chi connectivity index (χ0) is 11.5. The molecule has 0 N–H and O–H groups in total. The van der Waals surface area contributed by atoms with Crippen LogP contribution in [0, 0.1) is 0 Å². The van der Waals surface area contributed by atoms with Gasteiger partial charge in [-0.25, -0.2) is 4.98 Å². The number of aryl methyl sites for hydroxylation is 1. The summed E-state index contributed by atoms with van der Waals surface area (Å²) in [6.45, 7) is 2.11. The molecule has 0 spiro atoms. The second kappa shape index (κ2) is 5.17. The lowest BCUT2D eigenvalue weighted by atomic mass is 10.2. The van der Waals surface area contributed by atoms with Gasteiger partial charge in [-0.15, -0.1) is 22.9 Å². The number of thiazole rings is 1. The minimum atomic E-state index is 0.388. The van der Waals surface area contributed by atoms with Crippen molar-refractivity contribution in [3.8, 4) is 5.13 Å². The molecular formula is C10H11Cl2N3S. The van der Waals surface area contributed by atoms with Crippen LogP contribution in [0.4, 0.5) is 0 Å². The predicted octanol–water partition coefficient (Wildman–Crippen LogP) is 3.67. The largest absolute Gasteiger partial charge is 0.227 e. The molecule has 0 aromatic carbocycles. The molecule has 2 rings (SSSR count). The monoisotopic (exact) mass is 275 g/mol. The summed E-state index contributed by atoms with van der Waals surface area (Å²) in [6.07, 6.45) is 3.65. The minimum absolute atomic E-state index is 0.388. The molecule has 0 aliphatic heterocycles. The van der Waals surface area contributed by atoms with Crippen LogP contribution in [-0.2, 0) is 12.3 Å². The summed E-state index contributed by atoms with van der Waals surface area (Å²) in [4.78, 5) is 4.19. The number of aromatic nitrogens is 3. The zero-order valence-electron chi connectivity index (χ0n) is 8.78. The Labute approximate surface area is 108 Å². The summed E-state index contributed by atoms with van der Waals surface area (Å²) in [7, 11) is 0.